The minimum Gasteiger partial charge on any atom is -0.478 e. The molecule has 0 aliphatic heterocycles. The average molecular weight is 481 g/mol. The molecule has 0 aromatic heterocycles. The van der Waals surface area contributed by atoms with Gasteiger partial charge in [0.2, 0.25) is 5.78 Å². The Morgan fingerprint density at radius 3 is 1.89 bits per heavy atom. The number of hydrogen-bond donors (Lipinski definition) is 1. The maximum absolute atomic E-state index is 13.6. The molecule has 0 spiro atoms. The summed E-state index contributed by atoms with van der Waals surface area (Å²) < 4.78 is 10.8. The van der Waals surface area contributed by atoms with Gasteiger partial charge in [-0.1, -0.05) is 51.7 Å². The van der Waals surface area contributed by atoms with Crippen molar-refractivity contribution in [2.75, 3.05) is 0 Å². The normalized spacial score (nSPS) is 12.1. The van der Waals surface area contributed by atoms with Crippen LogP contribution in [0.2, 0.25) is 0 Å². The standard InChI is InChI=1S/C27H28O8/c1-3-5-7-12-21(28)34-19-11-9-10-17-23(19)26(31)24-18(25(17)30)14-16(27(32)33)15-20(24)35-22(29)13-8-6-4-2/h9-11,14-15H,3-8,12-13H2,1-2H3,(H,32,33). The van der Waals surface area contributed by atoms with E-state index in [0.717, 1.165) is 37.8 Å². The monoisotopic (exact) mass is 480 g/mol. The quantitative estimate of drug-likeness (QED) is 0.227. The van der Waals surface area contributed by atoms with E-state index in [2.05, 4.69) is 0 Å². The van der Waals surface area contributed by atoms with Crippen molar-refractivity contribution in [1.29, 1.82) is 0 Å². The van der Waals surface area contributed by atoms with Gasteiger partial charge in [0.1, 0.15) is 11.5 Å². The smallest absolute Gasteiger partial charge is 0.335 e. The Balaban J connectivity index is 2.03. The molecule has 1 N–H and O–H groups in total. The van der Waals surface area contributed by atoms with Crippen molar-refractivity contribution in [3.8, 4) is 11.5 Å². The molecule has 8 nitrogen and oxygen atoms in total. The molecule has 3 rings (SSSR count). The van der Waals surface area contributed by atoms with Gasteiger partial charge in [-0.3, -0.25) is 19.2 Å². The number of unbranched alkanes of at least 4 members (excludes halogenated alkanes) is 4. The van der Waals surface area contributed by atoms with E-state index >= 15 is 0 Å². The maximum atomic E-state index is 13.6. The van der Waals surface area contributed by atoms with Crippen molar-refractivity contribution in [3.63, 3.8) is 0 Å². The first kappa shape index (κ1) is 25.8. The summed E-state index contributed by atoms with van der Waals surface area (Å²) in [6, 6.07) is 6.48. The molecular weight excluding hydrogens is 452 g/mol. The second kappa shape index (κ2) is 11.6. The van der Waals surface area contributed by atoms with Gasteiger partial charge < -0.3 is 14.6 Å². The van der Waals surface area contributed by atoms with Crippen LogP contribution in [-0.2, 0) is 9.59 Å². The second-order valence-electron chi connectivity index (χ2n) is 8.40. The Morgan fingerprint density at radius 2 is 1.31 bits per heavy atom. The van der Waals surface area contributed by atoms with Crippen molar-refractivity contribution in [1.82, 2.24) is 0 Å². The molecule has 0 unspecified atom stereocenters. The van der Waals surface area contributed by atoms with E-state index in [1.54, 1.807) is 0 Å². The van der Waals surface area contributed by atoms with E-state index in [-0.39, 0.29) is 52.2 Å². The number of rotatable bonds is 11. The summed E-state index contributed by atoms with van der Waals surface area (Å²) in [7, 11) is 0. The molecule has 0 atom stereocenters. The van der Waals surface area contributed by atoms with Gasteiger partial charge in [-0.25, -0.2) is 4.79 Å². The zero-order chi connectivity index (χ0) is 25.5. The molecule has 35 heavy (non-hydrogen) atoms. The van der Waals surface area contributed by atoms with Gasteiger partial charge in [-0.05, 0) is 31.0 Å². The van der Waals surface area contributed by atoms with Crippen LogP contribution in [0.5, 0.6) is 11.5 Å². The van der Waals surface area contributed by atoms with Gasteiger partial charge in [0.15, 0.2) is 5.78 Å². The van der Waals surface area contributed by atoms with E-state index < -0.39 is 29.5 Å². The number of carboxylic acids is 1. The SMILES string of the molecule is CCCCCC(=O)Oc1cccc2c1C(=O)c1c(OC(=O)CCCCC)cc(C(=O)O)cc1C2=O. The molecule has 0 heterocycles. The number of ether oxygens (including phenoxy) is 2. The number of carbonyl (C=O) groups is 5. The van der Waals surface area contributed by atoms with Crippen molar-refractivity contribution in [2.24, 2.45) is 0 Å². The molecular formula is C27H28O8. The summed E-state index contributed by atoms with van der Waals surface area (Å²) in [6.45, 7) is 3.98. The molecule has 1 aliphatic rings. The van der Waals surface area contributed by atoms with Gasteiger partial charge in [0.05, 0.1) is 16.7 Å². The first-order chi connectivity index (χ1) is 16.8. The van der Waals surface area contributed by atoms with E-state index in [1.807, 2.05) is 13.8 Å². The number of ketones is 2. The number of fused-ring (bicyclic) bond motifs is 2. The van der Waals surface area contributed by atoms with Crippen molar-refractivity contribution in [2.45, 2.75) is 65.2 Å². The Kier molecular flexibility index (Phi) is 8.52. The molecule has 0 fully saturated rings. The number of hydrogen-bond acceptors (Lipinski definition) is 7. The highest BCUT2D eigenvalue weighted by molar-refractivity contribution is 6.30. The summed E-state index contributed by atoms with van der Waals surface area (Å²) >= 11 is 0. The van der Waals surface area contributed by atoms with Gasteiger partial charge >= 0.3 is 17.9 Å². The maximum Gasteiger partial charge on any atom is 0.335 e. The highest BCUT2D eigenvalue weighted by Crippen LogP contribution is 2.38. The van der Waals surface area contributed by atoms with Crippen LogP contribution in [0.4, 0.5) is 0 Å². The highest BCUT2D eigenvalue weighted by atomic mass is 16.5. The molecule has 0 saturated heterocycles. The van der Waals surface area contributed by atoms with Crippen molar-refractivity contribution < 1.29 is 38.6 Å². The lowest BCUT2D eigenvalue weighted by Crippen LogP contribution is -2.25. The van der Waals surface area contributed by atoms with E-state index in [0.29, 0.717) is 12.8 Å². The largest absolute Gasteiger partial charge is 0.478 e. The topological polar surface area (TPSA) is 124 Å². The third-order valence-electron chi connectivity index (χ3n) is 5.74. The first-order valence-electron chi connectivity index (χ1n) is 11.8. The summed E-state index contributed by atoms with van der Waals surface area (Å²) in [6.07, 6.45) is 4.93. The fourth-order valence-electron chi connectivity index (χ4n) is 3.93. The molecule has 184 valence electrons. The fraction of sp³-hybridized carbons (Fsp3) is 0.370. The predicted octanol–water partition coefficient (Wildman–Crippen LogP) is 5.13. The minimum atomic E-state index is -1.34. The summed E-state index contributed by atoms with van der Waals surface area (Å²) in [5, 5.41) is 9.50. The molecule has 0 amide bonds. The predicted molar refractivity (Wildman–Crippen MR) is 126 cm³/mol. The van der Waals surface area contributed by atoms with E-state index in [1.165, 1.54) is 18.2 Å². The fourth-order valence-corrected chi connectivity index (χ4v) is 3.93. The van der Waals surface area contributed by atoms with Crippen LogP contribution in [0.25, 0.3) is 0 Å². The molecule has 2 aromatic rings. The summed E-state index contributed by atoms with van der Waals surface area (Å²) in [5.41, 5.74) is -0.802. The lowest BCUT2D eigenvalue weighted by atomic mass is 9.82. The molecule has 2 aromatic carbocycles. The van der Waals surface area contributed by atoms with Gasteiger partial charge in [0.25, 0.3) is 0 Å². The summed E-state index contributed by atoms with van der Waals surface area (Å²) in [5.74, 6) is -4.15. The average Bonchev–Trinajstić information content (AvgIpc) is 2.82. The van der Waals surface area contributed by atoms with Crippen LogP contribution in [0.15, 0.2) is 30.3 Å². The van der Waals surface area contributed by atoms with Gasteiger partial charge in [0, 0.05) is 24.0 Å². The molecule has 1 aliphatic carbocycles. The third kappa shape index (κ3) is 5.82. The minimum absolute atomic E-state index is 0.0101. The van der Waals surface area contributed by atoms with Crippen LogP contribution >= 0.6 is 0 Å². The highest BCUT2D eigenvalue weighted by Gasteiger charge is 2.36. The van der Waals surface area contributed by atoms with Crippen LogP contribution in [0.3, 0.4) is 0 Å². The van der Waals surface area contributed by atoms with Gasteiger partial charge in [-0.2, -0.15) is 0 Å². The lowest BCUT2D eigenvalue weighted by Gasteiger charge is -2.22. The van der Waals surface area contributed by atoms with Crippen molar-refractivity contribution >= 4 is 29.5 Å². The van der Waals surface area contributed by atoms with Gasteiger partial charge in [-0.15, -0.1) is 0 Å². The molecule has 0 bridgehead atoms. The summed E-state index contributed by atoms with van der Waals surface area (Å²) in [4.78, 5) is 63.2. The number of carbonyl (C=O) groups excluding carboxylic acids is 4. The Hall–Kier alpha value is -3.81. The molecule has 0 saturated carbocycles. The zero-order valence-electron chi connectivity index (χ0n) is 19.8. The number of aromatic carboxylic acids is 1. The Bertz CT molecular complexity index is 1180. The number of benzene rings is 2. The number of carboxylic acid groups (broad SMARTS) is 1. The van der Waals surface area contributed by atoms with E-state index in [4.69, 9.17) is 9.47 Å². The van der Waals surface area contributed by atoms with Crippen molar-refractivity contribution in [3.05, 3.63) is 58.1 Å². The van der Waals surface area contributed by atoms with Crippen LogP contribution in [-0.4, -0.2) is 34.6 Å². The zero-order valence-corrected chi connectivity index (χ0v) is 19.8. The van der Waals surface area contributed by atoms with Crippen LogP contribution in [0.1, 0.15) is 107 Å². The van der Waals surface area contributed by atoms with Crippen LogP contribution < -0.4 is 9.47 Å². The Morgan fingerprint density at radius 1 is 0.743 bits per heavy atom. The number of esters is 2. The molecule has 8 heteroatoms. The lowest BCUT2D eigenvalue weighted by molar-refractivity contribution is -0.135. The first-order valence-corrected chi connectivity index (χ1v) is 11.8. The van der Waals surface area contributed by atoms with E-state index in [9.17, 15) is 29.1 Å². The third-order valence-corrected chi connectivity index (χ3v) is 5.74. The second-order valence-corrected chi connectivity index (χ2v) is 8.40. The Labute approximate surface area is 203 Å². The van der Waals surface area contributed by atoms with Crippen LogP contribution in [0, 0.1) is 0 Å². The molecule has 0 radical (unpaired) electrons.